The van der Waals surface area contributed by atoms with E-state index in [0.717, 1.165) is 77.0 Å². The summed E-state index contributed by atoms with van der Waals surface area (Å²) in [7, 11) is 0. The lowest BCUT2D eigenvalue weighted by Gasteiger charge is -2.35. The lowest BCUT2D eigenvalue weighted by Crippen LogP contribution is -2.57. The maximum absolute atomic E-state index is 14.0. The first kappa shape index (κ1) is 50.2. The minimum atomic E-state index is -0.872. The molecule has 0 unspecified atom stereocenters. The number of hydrogen-bond acceptors (Lipinski definition) is 10. The number of likely N-dealkylation sites (tertiary alicyclic amines) is 1. The van der Waals surface area contributed by atoms with Gasteiger partial charge in [-0.2, -0.15) is 0 Å². The van der Waals surface area contributed by atoms with Crippen LogP contribution in [0.1, 0.15) is 113 Å². The van der Waals surface area contributed by atoms with Gasteiger partial charge in [-0.3, -0.25) is 19.2 Å². The van der Waals surface area contributed by atoms with E-state index in [-0.39, 0.29) is 60.4 Å². The number of amides is 3. The van der Waals surface area contributed by atoms with Gasteiger partial charge in [0.1, 0.15) is 35.9 Å². The molecule has 0 aliphatic carbocycles. The normalized spacial score (nSPS) is 15.8. The topological polar surface area (TPSA) is 169 Å². The van der Waals surface area contributed by atoms with Gasteiger partial charge >= 0.3 is 0 Å². The highest BCUT2D eigenvalue weighted by Crippen LogP contribution is 2.41. The number of nitrogens with one attached hydrogen (secondary N) is 2. The molecule has 6 rings (SSSR count). The third-order valence-corrected chi connectivity index (χ3v) is 13.6. The van der Waals surface area contributed by atoms with E-state index in [1.165, 1.54) is 16.2 Å². The minimum Gasteiger partial charge on any atom is -0.508 e. The molecule has 5 N–H and O–H groups in total. The molecule has 1 saturated heterocycles. The van der Waals surface area contributed by atoms with Gasteiger partial charge in [-0.1, -0.05) is 65.0 Å². The van der Waals surface area contributed by atoms with Gasteiger partial charge < -0.3 is 40.5 Å². The van der Waals surface area contributed by atoms with E-state index in [1.807, 2.05) is 52.0 Å². The molecule has 0 saturated carbocycles. The summed E-state index contributed by atoms with van der Waals surface area (Å²) in [5, 5.41) is 37.2. The lowest BCUT2D eigenvalue weighted by molar-refractivity contribution is -0.144. The summed E-state index contributed by atoms with van der Waals surface area (Å²) in [5.74, 6) is 2.43. The number of hydrogen-bond donors (Lipinski definition) is 5. The largest absolute Gasteiger partial charge is 0.508 e. The molecule has 3 amide bonds. The molecule has 1 aliphatic heterocycles. The Labute approximate surface area is 398 Å². The number of unbranched alkanes of at least 4 members (excludes halogenated alkanes) is 4. The molecule has 0 radical (unpaired) electrons. The van der Waals surface area contributed by atoms with E-state index in [9.17, 15) is 34.5 Å². The van der Waals surface area contributed by atoms with Crippen molar-refractivity contribution in [3.63, 3.8) is 0 Å². The number of ether oxygens (including phenoxy) is 1. The van der Waals surface area contributed by atoms with Crippen molar-refractivity contribution in [2.45, 2.75) is 104 Å². The number of carbonyl (C=O) groups excluding carboxylic acids is 4. The fourth-order valence-corrected chi connectivity index (χ4v) is 9.70. The number of terminal acetylenes is 1. The summed E-state index contributed by atoms with van der Waals surface area (Å²) >= 11 is 1.42. The van der Waals surface area contributed by atoms with Crippen LogP contribution in [0.5, 0.6) is 17.2 Å². The third kappa shape index (κ3) is 13.2. The van der Waals surface area contributed by atoms with Gasteiger partial charge in [0.2, 0.25) is 17.7 Å². The third-order valence-electron chi connectivity index (χ3n) is 12.4. The van der Waals surface area contributed by atoms with Crippen LogP contribution in [-0.4, -0.2) is 99.6 Å². The van der Waals surface area contributed by atoms with Crippen molar-refractivity contribution in [2.75, 3.05) is 32.8 Å². The van der Waals surface area contributed by atoms with Crippen LogP contribution in [0.15, 0.2) is 91.0 Å². The Morgan fingerprint density at radius 1 is 0.881 bits per heavy atom. The Bertz CT molecular complexity index is 2520. The lowest BCUT2D eigenvalue weighted by atomic mass is 9.85. The Morgan fingerprint density at radius 3 is 2.22 bits per heavy atom. The zero-order valence-corrected chi connectivity index (χ0v) is 40.0. The number of likely N-dealkylation sites (N-methyl/N-ethyl adjacent to an activating group) is 1. The van der Waals surface area contributed by atoms with Crippen molar-refractivity contribution in [3.05, 3.63) is 113 Å². The van der Waals surface area contributed by atoms with E-state index in [4.69, 9.17) is 11.2 Å². The molecule has 67 heavy (non-hydrogen) atoms. The van der Waals surface area contributed by atoms with Crippen molar-refractivity contribution >= 4 is 44.9 Å². The number of thiophene rings is 1. The quantitative estimate of drug-likeness (QED) is 0.0275. The molecule has 0 spiro atoms. The fraction of sp³-hybridized carbons (Fsp3) is 0.407. The molecule has 12 nitrogen and oxygen atoms in total. The van der Waals surface area contributed by atoms with Crippen LogP contribution in [0.2, 0.25) is 0 Å². The van der Waals surface area contributed by atoms with Gasteiger partial charge in [0.05, 0.1) is 12.1 Å². The van der Waals surface area contributed by atoms with Gasteiger partial charge in [0.25, 0.3) is 0 Å². The monoisotopic (exact) mass is 928 g/mol. The zero-order valence-electron chi connectivity index (χ0n) is 39.2. The second kappa shape index (κ2) is 23.0. The predicted molar refractivity (Wildman–Crippen MR) is 264 cm³/mol. The number of aromatic hydroxyl groups is 2. The molecule has 5 aromatic rings. The standard InChI is InChI=1S/C54H64N4O8S/c1-7-36-15-17-37(18-16-36)35(3)55-52(64)45-32-42(61)34-58(45)53(65)51(54(4,5)6)56-47(62)14-12-10-9-11-13-29-57(8-2)30-31-66-43-26-21-38(22-27-43)49(63)48-44-28-25-41(60)33-46(44)67-50(48)39-19-23-40(59)24-20-39/h1,15-28,33,35,42,45,51,59-61H,8-14,29-32,34H2,2-6H3,(H,55,64)(H,56,62)/t35-,42+,45-,51+/m0/s1. The van der Waals surface area contributed by atoms with E-state index >= 15 is 0 Å². The molecule has 0 bridgehead atoms. The van der Waals surface area contributed by atoms with Crippen molar-refractivity contribution in [1.82, 2.24) is 20.4 Å². The Morgan fingerprint density at radius 2 is 1.55 bits per heavy atom. The Hall–Kier alpha value is -6.20. The highest BCUT2D eigenvalue weighted by atomic mass is 32.1. The highest BCUT2D eigenvalue weighted by molar-refractivity contribution is 7.22. The van der Waals surface area contributed by atoms with Gasteiger partial charge in [-0.15, -0.1) is 17.8 Å². The van der Waals surface area contributed by atoms with E-state index in [1.54, 1.807) is 66.7 Å². The molecular formula is C54H64N4O8S. The molecule has 4 atom stereocenters. The molecule has 354 valence electrons. The van der Waals surface area contributed by atoms with E-state index < -0.39 is 23.6 Å². The summed E-state index contributed by atoms with van der Waals surface area (Å²) < 4.78 is 6.88. The second-order valence-corrected chi connectivity index (χ2v) is 19.5. The van der Waals surface area contributed by atoms with Crippen molar-refractivity contribution in [2.24, 2.45) is 5.41 Å². The number of nitrogens with zero attached hydrogens (tertiary/aromatic N) is 2. The molecule has 4 aromatic carbocycles. The summed E-state index contributed by atoms with van der Waals surface area (Å²) in [5.41, 5.74) is 2.84. The first-order chi connectivity index (χ1) is 32.1. The van der Waals surface area contributed by atoms with Crippen molar-refractivity contribution in [3.8, 4) is 40.0 Å². The summed E-state index contributed by atoms with van der Waals surface area (Å²) in [6.07, 6.45) is 9.59. The number of fused-ring (bicyclic) bond motifs is 1. The first-order valence-electron chi connectivity index (χ1n) is 23.3. The van der Waals surface area contributed by atoms with Gasteiger partial charge in [0.15, 0.2) is 5.78 Å². The number of benzene rings is 4. The molecule has 1 fully saturated rings. The van der Waals surface area contributed by atoms with Gasteiger partial charge in [-0.25, -0.2) is 0 Å². The van der Waals surface area contributed by atoms with E-state index in [2.05, 4.69) is 28.4 Å². The maximum atomic E-state index is 14.0. The number of ketones is 1. The zero-order chi connectivity index (χ0) is 48.3. The van der Waals surface area contributed by atoms with Crippen LogP contribution in [0.25, 0.3) is 20.5 Å². The van der Waals surface area contributed by atoms with Crippen molar-refractivity contribution < 1.29 is 39.2 Å². The number of aliphatic hydroxyl groups is 1. The smallest absolute Gasteiger partial charge is 0.246 e. The maximum Gasteiger partial charge on any atom is 0.246 e. The van der Waals surface area contributed by atoms with Crippen LogP contribution in [-0.2, 0) is 14.4 Å². The first-order valence-corrected chi connectivity index (χ1v) is 24.1. The Balaban J connectivity index is 0.903. The van der Waals surface area contributed by atoms with E-state index in [0.29, 0.717) is 29.9 Å². The molecule has 13 heteroatoms. The number of phenols is 2. The average Bonchev–Trinajstić information content (AvgIpc) is 3.90. The minimum absolute atomic E-state index is 0.0132. The molecule has 2 heterocycles. The van der Waals surface area contributed by atoms with Crippen LogP contribution < -0.4 is 15.4 Å². The van der Waals surface area contributed by atoms with Gasteiger partial charge in [0, 0.05) is 57.6 Å². The van der Waals surface area contributed by atoms with Gasteiger partial charge in [-0.05, 0) is 128 Å². The summed E-state index contributed by atoms with van der Waals surface area (Å²) in [6, 6.07) is 24.2. The SMILES string of the molecule is C#Cc1ccc([C@H](C)NC(=O)[C@@H]2C[C@@H](O)CN2C(=O)[C@@H](NC(=O)CCCCCCCN(CC)CCOc2ccc(C(=O)c3c(-c4ccc(O)cc4)sc4cc(O)ccc34)cc2)C(C)(C)C)cc1. The average molecular weight is 929 g/mol. The number of aliphatic hydroxyl groups excluding tert-OH is 1. The van der Waals surface area contributed by atoms with Crippen LogP contribution >= 0.6 is 11.3 Å². The summed E-state index contributed by atoms with van der Waals surface area (Å²) in [6.45, 7) is 12.7. The van der Waals surface area contributed by atoms with Crippen LogP contribution in [0.4, 0.5) is 0 Å². The molecular weight excluding hydrogens is 865 g/mol. The number of rotatable bonds is 21. The fourth-order valence-electron chi connectivity index (χ4n) is 8.46. The number of β-amino-alcohol motifs (C(OH)–C–C–N with tert-alkyl or cyclic N) is 1. The number of phenolic OH excluding ortho intramolecular Hbond substituents is 2. The number of carbonyl (C=O) groups is 4. The van der Waals surface area contributed by atoms with Crippen molar-refractivity contribution in [1.29, 1.82) is 0 Å². The highest BCUT2D eigenvalue weighted by Gasteiger charge is 2.44. The summed E-state index contributed by atoms with van der Waals surface area (Å²) in [4.78, 5) is 59.2. The van der Waals surface area contributed by atoms with Crippen LogP contribution in [0.3, 0.4) is 0 Å². The molecule has 1 aliphatic rings. The second-order valence-electron chi connectivity index (χ2n) is 18.4. The van der Waals surface area contributed by atoms with Crippen LogP contribution in [0, 0.1) is 17.8 Å². The predicted octanol–water partition coefficient (Wildman–Crippen LogP) is 8.60. The molecule has 1 aromatic heterocycles. The Kier molecular flexibility index (Phi) is 17.2.